The molecule has 1 aliphatic heterocycles. The fraction of sp³-hybridized carbons (Fsp3) is 0.190. The zero-order valence-corrected chi connectivity index (χ0v) is 15.8. The van der Waals surface area contributed by atoms with Crippen LogP contribution in [0.2, 0.25) is 0 Å². The minimum atomic E-state index is 0.212. The quantitative estimate of drug-likeness (QED) is 0.578. The van der Waals surface area contributed by atoms with Crippen LogP contribution in [0.3, 0.4) is 0 Å². The number of likely N-dealkylation sites (tertiary alicyclic amines) is 1. The summed E-state index contributed by atoms with van der Waals surface area (Å²) in [6.07, 6.45) is 1.97. The average Bonchev–Trinajstić information content (AvgIpc) is 2.64. The van der Waals surface area contributed by atoms with Crippen LogP contribution in [-0.4, -0.2) is 29.1 Å². The molecule has 5 heteroatoms. The summed E-state index contributed by atoms with van der Waals surface area (Å²) in [6.45, 7) is 2.75. The largest absolute Gasteiger partial charge is 0.472 e. The summed E-state index contributed by atoms with van der Waals surface area (Å²) in [7, 11) is 0. The van der Waals surface area contributed by atoms with Crippen LogP contribution in [0.4, 0.5) is 0 Å². The van der Waals surface area contributed by atoms with Crippen molar-refractivity contribution in [2.24, 2.45) is 0 Å². The van der Waals surface area contributed by atoms with Crippen LogP contribution in [0, 0.1) is 0 Å². The third-order valence-corrected chi connectivity index (χ3v) is 4.69. The molecule has 1 aromatic heterocycles. The molecule has 2 heterocycles. The summed E-state index contributed by atoms with van der Waals surface area (Å²) < 4.78 is 12.6. The lowest BCUT2D eigenvalue weighted by Crippen LogP contribution is -2.53. The molecule has 26 heavy (non-hydrogen) atoms. The molecule has 1 aliphatic rings. The topological polar surface area (TPSA) is 34.6 Å². The first kappa shape index (κ1) is 17.1. The highest BCUT2D eigenvalue weighted by Crippen LogP contribution is 2.23. The van der Waals surface area contributed by atoms with E-state index in [0.29, 0.717) is 5.88 Å². The van der Waals surface area contributed by atoms with Gasteiger partial charge in [0.15, 0.2) is 0 Å². The zero-order valence-electron chi connectivity index (χ0n) is 14.2. The molecule has 0 atom stereocenters. The molecule has 0 saturated carbocycles. The molecule has 4 nitrogen and oxygen atoms in total. The second-order valence-electron chi connectivity index (χ2n) is 6.31. The van der Waals surface area contributed by atoms with Crippen molar-refractivity contribution in [2.45, 2.75) is 12.6 Å². The Labute approximate surface area is 161 Å². The van der Waals surface area contributed by atoms with Gasteiger partial charge in [0.1, 0.15) is 17.6 Å². The lowest BCUT2D eigenvalue weighted by Gasteiger charge is -2.38. The maximum Gasteiger partial charge on any atom is 0.213 e. The van der Waals surface area contributed by atoms with Crippen molar-refractivity contribution in [3.63, 3.8) is 0 Å². The van der Waals surface area contributed by atoms with E-state index in [1.807, 2.05) is 54.6 Å². The first-order valence-electron chi connectivity index (χ1n) is 8.57. The van der Waals surface area contributed by atoms with E-state index in [9.17, 15) is 0 Å². The number of nitrogens with zero attached hydrogens (tertiary/aromatic N) is 2. The molecule has 1 fully saturated rings. The number of aromatic nitrogens is 1. The van der Waals surface area contributed by atoms with E-state index in [1.165, 1.54) is 5.56 Å². The highest BCUT2D eigenvalue weighted by Gasteiger charge is 2.28. The molecule has 2 aromatic carbocycles. The van der Waals surface area contributed by atoms with Crippen molar-refractivity contribution >= 4 is 15.9 Å². The van der Waals surface area contributed by atoms with Crippen LogP contribution in [0.5, 0.6) is 17.4 Å². The summed E-state index contributed by atoms with van der Waals surface area (Å²) in [5.41, 5.74) is 1.27. The van der Waals surface area contributed by atoms with Gasteiger partial charge in [0, 0.05) is 36.4 Å². The van der Waals surface area contributed by atoms with Gasteiger partial charge < -0.3 is 9.47 Å². The van der Waals surface area contributed by atoms with Gasteiger partial charge in [-0.25, -0.2) is 4.98 Å². The van der Waals surface area contributed by atoms with Crippen LogP contribution >= 0.6 is 15.9 Å². The van der Waals surface area contributed by atoms with Crippen molar-refractivity contribution in [3.8, 4) is 17.4 Å². The molecule has 0 aliphatic carbocycles. The Morgan fingerprint density at radius 3 is 2.35 bits per heavy atom. The van der Waals surface area contributed by atoms with Gasteiger partial charge in [-0.2, -0.15) is 0 Å². The maximum absolute atomic E-state index is 5.87. The monoisotopic (exact) mass is 410 g/mol. The van der Waals surface area contributed by atoms with E-state index in [-0.39, 0.29) is 6.10 Å². The van der Waals surface area contributed by atoms with Crippen molar-refractivity contribution in [2.75, 3.05) is 13.1 Å². The Kier molecular flexibility index (Phi) is 5.18. The van der Waals surface area contributed by atoms with E-state index in [0.717, 1.165) is 35.6 Å². The van der Waals surface area contributed by atoms with Gasteiger partial charge in [-0.1, -0.05) is 30.3 Å². The molecule has 0 unspecified atom stereocenters. The van der Waals surface area contributed by atoms with Crippen LogP contribution in [-0.2, 0) is 6.54 Å². The number of pyridine rings is 1. The van der Waals surface area contributed by atoms with Crippen molar-refractivity contribution in [1.29, 1.82) is 0 Å². The lowest BCUT2D eigenvalue weighted by molar-refractivity contribution is 0.0118. The minimum Gasteiger partial charge on any atom is -0.472 e. The van der Waals surface area contributed by atoms with E-state index >= 15 is 0 Å². The fourth-order valence-electron chi connectivity index (χ4n) is 2.87. The van der Waals surface area contributed by atoms with Crippen LogP contribution < -0.4 is 9.47 Å². The highest BCUT2D eigenvalue weighted by molar-refractivity contribution is 9.10. The molecule has 132 valence electrons. The molecule has 3 aromatic rings. The SMILES string of the molecule is Brc1ccc(OC2CN(Cc3ccc(Oc4ccccc4)cc3)C2)nc1. The van der Waals surface area contributed by atoms with Crippen LogP contribution in [0.1, 0.15) is 5.56 Å². The number of hydrogen-bond donors (Lipinski definition) is 0. The second-order valence-corrected chi connectivity index (χ2v) is 7.22. The smallest absolute Gasteiger partial charge is 0.213 e. The first-order valence-corrected chi connectivity index (χ1v) is 9.36. The lowest BCUT2D eigenvalue weighted by atomic mass is 10.1. The Balaban J connectivity index is 1.25. The molecule has 0 bridgehead atoms. The number of hydrogen-bond acceptors (Lipinski definition) is 4. The number of halogens is 1. The predicted molar refractivity (Wildman–Crippen MR) is 105 cm³/mol. The van der Waals surface area contributed by atoms with Gasteiger partial charge in [-0.15, -0.1) is 0 Å². The molecule has 0 N–H and O–H groups in total. The van der Waals surface area contributed by atoms with E-state index in [4.69, 9.17) is 9.47 Å². The van der Waals surface area contributed by atoms with Crippen LogP contribution in [0.25, 0.3) is 0 Å². The first-order chi connectivity index (χ1) is 12.7. The van der Waals surface area contributed by atoms with Gasteiger partial charge in [-0.3, -0.25) is 4.90 Å². The molecule has 1 saturated heterocycles. The Hall–Kier alpha value is -2.37. The highest BCUT2D eigenvalue weighted by atomic mass is 79.9. The van der Waals surface area contributed by atoms with Crippen molar-refractivity contribution in [1.82, 2.24) is 9.88 Å². The third-order valence-electron chi connectivity index (χ3n) is 4.22. The standard InChI is InChI=1S/C21H19BrN2O2/c22-17-8-11-21(23-12-17)26-20-14-24(15-20)13-16-6-9-19(10-7-16)25-18-4-2-1-3-5-18/h1-12,20H,13-15H2. The van der Waals surface area contributed by atoms with E-state index in [1.54, 1.807) is 6.20 Å². The van der Waals surface area contributed by atoms with Gasteiger partial charge in [0.05, 0.1) is 0 Å². The van der Waals surface area contributed by atoms with Gasteiger partial charge in [-0.05, 0) is 51.8 Å². The van der Waals surface area contributed by atoms with E-state index < -0.39 is 0 Å². The van der Waals surface area contributed by atoms with Crippen molar-refractivity contribution < 1.29 is 9.47 Å². The number of ether oxygens (including phenoxy) is 2. The Morgan fingerprint density at radius 2 is 1.65 bits per heavy atom. The molecule has 0 amide bonds. The van der Waals surface area contributed by atoms with Crippen LogP contribution in [0.15, 0.2) is 77.4 Å². The zero-order chi connectivity index (χ0) is 17.8. The molecular formula is C21H19BrN2O2. The summed E-state index contributed by atoms with van der Waals surface area (Å²) in [4.78, 5) is 6.61. The number of para-hydroxylation sites is 1. The summed E-state index contributed by atoms with van der Waals surface area (Å²) in [6, 6.07) is 21.9. The fourth-order valence-corrected chi connectivity index (χ4v) is 3.11. The third kappa shape index (κ3) is 4.42. The second kappa shape index (κ2) is 7.89. The average molecular weight is 411 g/mol. The molecular weight excluding hydrogens is 392 g/mol. The Morgan fingerprint density at radius 1 is 0.923 bits per heavy atom. The van der Waals surface area contributed by atoms with Gasteiger partial charge in [0.2, 0.25) is 5.88 Å². The summed E-state index contributed by atoms with van der Waals surface area (Å²) >= 11 is 3.38. The van der Waals surface area contributed by atoms with E-state index in [2.05, 4.69) is 37.9 Å². The molecule has 0 radical (unpaired) electrons. The van der Waals surface area contributed by atoms with Gasteiger partial charge >= 0.3 is 0 Å². The number of benzene rings is 2. The van der Waals surface area contributed by atoms with Crippen molar-refractivity contribution in [3.05, 3.63) is 83.0 Å². The predicted octanol–water partition coefficient (Wildman–Crippen LogP) is 4.90. The normalized spacial score (nSPS) is 14.7. The minimum absolute atomic E-state index is 0.212. The molecule has 0 spiro atoms. The summed E-state index contributed by atoms with van der Waals surface area (Å²) in [5.74, 6) is 2.39. The Bertz CT molecular complexity index is 832. The summed E-state index contributed by atoms with van der Waals surface area (Å²) in [5, 5.41) is 0. The van der Waals surface area contributed by atoms with Gasteiger partial charge in [0.25, 0.3) is 0 Å². The number of rotatable bonds is 6. The molecule has 4 rings (SSSR count). The maximum atomic E-state index is 5.87.